The van der Waals surface area contributed by atoms with Crippen molar-refractivity contribution in [3.63, 3.8) is 0 Å². The Kier molecular flexibility index (Phi) is 7.46. The summed E-state index contributed by atoms with van der Waals surface area (Å²) in [4.78, 5) is 7.02. The van der Waals surface area contributed by atoms with E-state index in [2.05, 4.69) is 21.1 Å². The molecule has 0 amide bonds. The summed E-state index contributed by atoms with van der Waals surface area (Å²) in [6.07, 6.45) is 5.00. The highest BCUT2D eigenvalue weighted by Crippen LogP contribution is 2.27. The maximum atomic E-state index is 9.33. The first-order valence-electron chi connectivity index (χ1n) is 11.0. The van der Waals surface area contributed by atoms with Crippen molar-refractivity contribution < 1.29 is 14.0 Å². The molecule has 1 aromatic carbocycles. The number of piperidine rings is 1. The molecule has 30 heavy (non-hydrogen) atoms. The molecule has 0 saturated carbocycles. The first kappa shape index (κ1) is 21.0. The fourth-order valence-corrected chi connectivity index (χ4v) is 4.27. The molecular weight excluding hydrogens is 380 g/mol. The van der Waals surface area contributed by atoms with Crippen molar-refractivity contribution in [2.24, 2.45) is 5.92 Å². The van der Waals surface area contributed by atoms with Crippen molar-refractivity contribution in [2.75, 3.05) is 39.5 Å². The standard InChI is InChI=1S/C23H30N4O3/c24-14-19-4-1-2-5-20(19)15-27-10-3-6-21(16-27)23-25-22(26-30-23)9-13-29-17-18-7-11-28-12-8-18/h1-2,4-5,18,21H,3,6-13,15-17H2. The van der Waals surface area contributed by atoms with Crippen LogP contribution in [0.3, 0.4) is 0 Å². The number of hydrogen-bond acceptors (Lipinski definition) is 7. The molecule has 1 unspecified atom stereocenters. The number of benzene rings is 1. The van der Waals surface area contributed by atoms with Crippen LogP contribution < -0.4 is 0 Å². The van der Waals surface area contributed by atoms with E-state index in [0.29, 0.717) is 18.9 Å². The van der Waals surface area contributed by atoms with Gasteiger partial charge in [-0.05, 0) is 49.8 Å². The smallest absolute Gasteiger partial charge is 0.231 e. The zero-order valence-electron chi connectivity index (χ0n) is 17.5. The van der Waals surface area contributed by atoms with Crippen molar-refractivity contribution in [3.05, 3.63) is 47.1 Å². The third-order valence-electron chi connectivity index (χ3n) is 6.03. The number of nitriles is 1. The minimum absolute atomic E-state index is 0.248. The van der Waals surface area contributed by atoms with Crippen LogP contribution in [0.5, 0.6) is 0 Å². The summed E-state index contributed by atoms with van der Waals surface area (Å²) in [5.74, 6) is 2.31. The molecule has 2 saturated heterocycles. The zero-order valence-corrected chi connectivity index (χ0v) is 17.5. The van der Waals surface area contributed by atoms with Gasteiger partial charge in [0.1, 0.15) is 0 Å². The molecule has 0 bridgehead atoms. The Bertz CT molecular complexity index is 841. The van der Waals surface area contributed by atoms with Crippen LogP contribution in [0, 0.1) is 17.2 Å². The molecular formula is C23H30N4O3. The van der Waals surface area contributed by atoms with Crippen LogP contribution in [0.1, 0.15) is 54.4 Å². The minimum Gasteiger partial charge on any atom is -0.381 e. The fraction of sp³-hybridized carbons (Fsp3) is 0.609. The lowest BCUT2D eigenvalue weighted by atomic mass is 9.97. The van der Waals surface area contributed by atoms with E-state index in [9.17, 15) is 5.26 Å². The average molecular weight is 411 g/mol. The van der Waals surface area contributed by atoms with Crippen LogP contribution in [0.2, 0.25) is 0 Å². The Balaban J connectivity index is 1.25. The van der Waals surface area contributed by atoms with E-state index in [0.717, 1.165) is 88.0 Å². The highest BCUT2D eigenvalue weighted by atomic mass is 16.5. The molecule has 0 N–H and O–H groups in total. The van der Waals surface area contributed by atoms with Crippen molar-refractivity contribution in [1.29, 1.82) is 5.26 Å². The van der Waals surface area contributed by atoms with E-state index in [1.807, 2.05) is 24.3 Å². The molecule has 2 aromatic rings. The van der Waals surface area contributed by atoms with Gasteiger partial charge in [0.2, 0.25) is 5.89 Å². The second-order valence-electron chi connectivity index (χ2n) is 8.27. The quantitative estimate of drug-likeness (QED) is 0.617. The summed E-state index contributed by atoms with van der Waals surface area (Å²) in [5.41, 5.74) is 1.83. The second-order valence-corrected chi connectivity index (χ2v) is 8.27. The van der Waals surface area contributed by atoms with Gasteiger partial charge in [0.15, 0.2) is 5.82 Å². The summed E-state index contributed by atoms with van der Waals surface area (Å²) >= 11 is 0. The lowest BCUT2D eigenvalue weighted by Gasteiger charge is -2.31. The largest absolute Gasteiger partial charge is 0.381 e. The predicted octanol–water partition coefficient (Wildman–Crippen LogP) is 3.31. The van der Waals surface area contributed by atoms with Gasteiger partial charge < -0.3 is 14.0 Å². The number of nitrogens with zero attached hydrogens (tertiary/aromatic N) is 4. The van der Waals surface area contributed by atoms with Crippen LogP contribution in [-0.2, 0) is 22.4 Å². The van der Waals surface area contributed by atoms with Crippen LogP contribution in [0.4, 0.5) is 0 Å². The van der Waals surface area contributed by atoms with Crippen molar-refractivity contribution in [2.45, 2.75) is 44.6 Å². The number of likely N-dealkylation sites (tertiary alicyclic amines) is 1. The topological polar surface area (TPSA) is 84.4 Å². The molecule has 160 valence electrons. The van der Waals surface area contributed by atoms with Gasteiger partial charge >= 0.3 is 0 Å². The Hall–Kier alpha value is -2.27. The summed E-state index contributed by atoms with van der Waals surface area (Å²) in [5, 5.41) is 13.5. The third kappa shape index (κ3) is 5.66. The third-order valence-corrected chi connectivity index (χ3v) is 6.03. The lowest BCUT2D eigenvalue weighted by Crippen LogP contribution is -2.34. The van der Waals surface area contributed by atoms with E-state index < -0.39 is 0 Å². The Labute approximate surface area is 178 Å². The summed E-state index contributed by atoms with van der Waals surface area (Å²) < 4.78 is 16.8. The monoisotopic (exact) mass is 410 g/mol. The van der Waals surface area contributed by atoms with Crippen molar-refractivity contribution in [3.8, 4) is 6.07 Å². The van der Waals surface area contributed by atoms with E-state index in [1.54, 1.807) is 0 Å². The van der Waals surface area contributed by atoms with Crippen LogP contribution in [-0.4, -0.2) is 54.6 Å². The molecule has 4 rings (SSSR count). The van der Waals surface area contributed by atoms with E-state index in [-0.39, 0.29) is 5.92 Å². The number of aromatic nitrogens is 2. The fourth-order valence-electron chi connectivity index (χ4n) is 4.27. The SMILES string of the molecule is N#Cc1ccccc1CN1CCCC(c2nc(CCOCC3CCOCC3)no2)C1. The molecule has 7 heteroatoms. The molecule has 1 atom stereocenters. The molecule has 1 aromatic heterocycles. The predicted molar refractivity (Wildman–Crippen MR) is 111 cm³/mol. The lowest BCUT2D eigenvalue weighted by molar-refractivity contribution is 0.0211. The first-order valence-corrected chi connectivity index (χ1v) is 11.0. The van der Waals surface area contributed by atoms with Gasteiger partial charge in [-0.25, -0.2) is 0 Å². The maximum Gasteiger partial charge on any atom is 0.231 e. The van der Waals surface area contributed by atoms with Gasteiger partial charge in [0.25, 0.3) is 0 Å². The summed E-state index contributed by atoms with van der Waals surface area (Å²) in [6, 6.07) is 10.1. The number of hydrogen-bond donors (Lipinski definition) is 0. The number of ether oxygens (including phenoxy) is 2. The van der Waals surface area contributed by atoms with Crippen molar-refractivity contribution >= 4 is 0 Å². The maximum absolute atomic E-state index is 9.33. The number of rotatable bonds is 8. The first-order chi connectivity index (χ1) is 14.8. The summed E-state index contributed by atoms with van der Waals surface area (Å²) in [7, 11) is 0. The molecule has 2 aliphatic heterocycles. The van der Waals surface area contributed by atoms with Crippen LogP contribution in [0.25, 0.3) is 0 Å². The van der Waals surface area contributed by atoms with Crippen LogP contribution >= 0.6 is 0 Å². The highest BCUT2D eigenvalue weighted by Gasteiger charge is 2.26. The van der Waals surface area contributed by atoms with E-state index >= 15 is 0 Å². The van der Waals surface area contributed by atoms with Crippen LogP contribution in [0.15, 0.2) is 28.8 Å². The highest BCUT2D eigenvalue weighted by molar-refractivity contribution is 5.37. The zero-order chi connectivity index (χ0) is 20.6. The second kappa shape index (κ2) is 10.7. The van der Waals surface area contributed by atoms with E-state index in [1.165, 1.54) is 0 Å². The molecule has 0 radical (unpaired) electrons. The molecule has 3 heterocycles. The van der Waals surface area contributed by atoms with Gasteiger partial charge in [0, 0.05) is 39.3 Å². The molecule has 2 aliphatic rings. The normalized spacial score (nSPS) is 20.8. The Morgan fingerprint density at radius 3 is 2.93 bits per heavy atom. The van der Waals surface area contributed by atoms with E-state index in [4.69, 9.17) is 14.0 Å². The Morgan fingerprint density at radius 2 is 2.07 bits per heavy atom. The van der Waals surface area contributed by atoms with Crippen molar-refractivity contribution in [1.82, 2.24) is 15.0 Å². The van der Waals surface area contributed by atoms with Gasteiger partial charge in [-0.2, -0.15) is 10.2 Å². The van der Waals surface area contributed by atoms with Gasteiger partial charge in [-0.3, -0.25) is 4.90 Å². The van der Waals surface area contributed by atoms with Gasteiger partial charge in [-0.15, -0.1) is 0 Å². The average Bonchev–Trinajstić information content (AvgIpc) is 3.27. The molecule has 2 fully saturated rings. The summed E-state index contributed by atoms with van der Waals surface area (Å²) in [6.45, 7) is 5.79. The minimum atomic E-state index is 0.248. The molecule has 0 aliphatic carbocycles. The van der Waals surface area contributed by atoms with Gasteiger partial charge in [0.05, 0.1) is 24.2 Å². The van der Waals surface area contributed by atoms with Gasteiger partial charge in [-0.1, -0.05) is 23.4 Å². The Morgan fingerprint density at radius 1 is 1.20 bits per heavy atom. The molecule has 7 nitrogen and oxygen atoms in total. The molecule has 0 spiro atoms.